The number of thioether (sulfide) groups is 1. The first-order valence-corrected chi connectivity index (χ1v) is 9.95. The number of nitrogens with zero attached hydrogens (tertiary/aromatic N) is 1. The molecular weight excluding hydrogens is 306 g/mol. The minimum absolute atomic E-state index is 0.284. The van der Waals surface area contributed by atoms with Crippen LogP contribution in [0.4, 0.5) is 0 Å². The highest BCUT2D eigenvalue weighted by molar-refractivity contribution is 7.99. The second kappa shape index (κ2) is 8.20. The van der Waals surface area contributed by atoms with Crippen molar-refractivity contribution in [3.05, 3.63) is 35.9 Å². The largest absolute Gasteiger partial charge is 0.392 e. The molecule has 2 aliphatic rings. The Hall–Kier alpha value is -1.00. The molecule has 23 heavy (non-hydrogen) atoms. The van der Waals surface area contributed by atoms with Crippen molar-refractivity contribution in [2.24, 2.45) is 11.8 Å². The van der Waals surface area contributed by atoms with E-state index in [1.807, 2.05) is 23.1 Å². The van der Waals surface area contributed by atoms with Gasteiger partial charge in [-0.3, -0.25) is 4.79 Å². The first-order valence-electron chi connectivity index (χ1n) is 8.80. The van der Waals surface area contributed by atoms with Crippen LogP contribution in [0.3, 0.4) is 0 Å². The van der Waals surface area contributed by atoms with Crippen LogP contribution in [0, 0.1) is 11.8 Å². The van der Waals surface area contributed by atoms with Gasteiger partial charge in [0.1, 0.15) is 0 Å². The minimum atomic E-state index is -0.293. The number of aliphatic hydroxyl groups is 1. The van der Waals surface area contributed by atoms with Crippen molar-refractivity contribution >= 4 is 17.7 Å². The number of amides is 1. The summed E-state index contributed by atoms with van der Waals surface area (Å²) in [6, 6.07) is 10.2. The van der Waals surface area contributed by atoms with Gasteiger partial charge in [-0.15, -0.1) is 0 Å². The number of carbonyl (C=O) groups is 1. The molecule has 3 rings (SSSR count). The van der Waals surface area contributed by atoms with Gasteiger partial charge >= 0.3 is 0 Å². The first-order chi connectivity index (χ1) is 11.2. The number of rotatable bonds is 7. The smallest absolute Gasteiger partial charge is 0.232 e. The van der Waals surface area contributed by atoms with Crippen molar-refractivity contribution in [3.63, 3.8) is 0 Å². The molecule has 3 nitrogen and oxygen atoms in total. The Bertz CT molecular complexity index is 495. The van der Waals surface area contributed by atoms with E-state index >= 15 is 0 Å². The highest BCUT2D eigenvalue weighted by atomic mass is 32.2. The molecule has 0 radical (unpaired) electrons. The maximum atomic E-state index is 12.2. The SMILES string of the molecule is O=C(CSCC1CC1)N1CCC(C(O)Cc2ccccc2)CC1. The molecule has 4 heteroatoms. The number of carbonyl (C=O) groups excluding carboxylic acids is 1. The topological polar surface area (TPSA) is 40.5 Å². The average molecular weight is 333 g/mol. The molecule has 1 aliphatic carbocycles. The van der Waals surface area contributed by atoms with E-state index in [2.05, 4.69) is 12.1 Å². The molecule has 0 aromatic heterocycles. The third kappa shape index (κ3) is 5.25. The fourth-order valence-corrected chi connectivity index (χ4v) is 4.39. The third-order valence-corrected chi connectivity index (χ3v) is 6.16. The quantitative estimate of drug-likeness (QED) is 0.834. The summed E-state index contributed by atoms with van der Waals surface area (Å²) in [5.41, 5.74) is 1.19. The van der Waals surface area contributed by atoms with E-state index in [4.69, 9.17) is 0 Å². The predicted octanol–water partition coefficient (Wildman–Crippen LogP) is 2.97. The molecule has 1 aromatic carbocycles. The molecule has 1 N–H and O–H groups in total. The molecule has 0 spiro atoms. The van der Waals surface area contributed by atoms with Crippen LogP contribution in [0.1, 0.15) is 31.2 Å². The van der Waals surface area contributed by atoms with Gasteiger partial charge in [-0.2, -0.15) is 11.8 Å². The normalized spacial score (nSPS) is 20.5. The molecule has 1 atom stereocenters. The lowest BCUT2D eigenvalue weighted by atomic mass is 9.88. The highest BCUT2D eigenvalue weighted by Gasteiger charge is 2.28. The summed E-state index contributed by atoms with van der Waals surface area (Å²) in [6.45, 7) is 1.61. The molecular formula is C19H27NO2S. The lowest BCUT2D eigenvalue weighted by Crippen LogP contribution is -2.42. The van der Waals surface area contributed by atoms with Gasteiger partial charge in [0, 0.05) is 13.1 Å². The van der Waals surface area contributed by atoms with Crippen molar-refractivity contribution < 1.29 is 9.90 Å². The van der Waals surface area contributed by atoms with Gasteiger partial charge in [0.15, 0.2) is 0 Å². The number of piperidine rings is 1. The minimum Gasteiger partial charge on any atom is -0.392 e. The molecule has 1 saturated heterocycles. The van der Waals surface area contributed by atoms with Crippen molar-refractivity contribution in [1.29, 1.82) is 0 Å². The highest BCUT2D eigenvalue weighted by Crippen LogP contribution is 2.32. The Balaban J connectivity index is 1.37. The van der Waals surface area contributed by atoms with Gasteiger partial charge in [-0.1, -0.05) is 30.3 Å². The maximum absolute atomic E-state index is 12.2. The molecule has 1 aromatic rings. The fourth-order valence-electron chi connectivity index (χ4n) is 3.24. The summed E-state index contributed by atoms with van der Waals surface area (Å²) in [4.78, 5) is 14.2. The number of hydrogen-bond donors (Lipinski definition) is 1. The second-order valence-electron chi connectivity index (χ2n) is 6.93. The number of hydrogen-bond acceptors (Lipinski definition) is 3. The molecule has 1 aliphatic heterocycles. The maximum Gasteiger partial charge on any atom is 0.232 e. The summed E-state index contributed by atoms with van der Waals surface area (Å²) in [7, 11) is 0. The second-order valence-corrected chi connectivity index (χ2v) is 7.96. The number of aliphatic hydroxyl groups excluding tert-OH is 1. The van der Waals surface area contributed by atoms with Crippen LogP contribution in [0.15, 0.2) is 30.3 Å². The molecule has 1 heterocycles. The van der Waals surface area contributed by atoms with E-state index in [0.29, 0.717) is 11.7 Å². The van der Waals surface area contributed by atoms with E-state index in [0.717, 1.165) is 44.0 Å². The van der Waals surface area contributed by atoms with Gasteiger partial charge in [0.2, 0.25) is 5.91 Å². The van der Waals surface area contributed by atoms with E-state index in [9.17, 15) is 9.90 Å². The summed E-state index contributed by atoms with van der Waals surface area (Å²) < 4.78 is 0. The first kappa shape index (κ1) is 16.8. The van der Waals surface area contributed by atoms with Crippen LogP contribution in [0.2, 0.25) is 0 Å². The Morgan fingerprint density at radius 1 is 1.17 bits per heavy atom. The summed E-state index contributed by atoms with van der Waals surface area (Å²) in [5, 5.41) is 10.5. The van der Waals surface area contributed by atoms with Crippen molar-refractivity contribution in [2.45, 2.75) is 38.2 Å². The van der Waals surface area contributed by atoms with E-state index in [-0.39, 0.29) is 12.0 Å². The van der Waals surface area contributed by atoms with Gasteiger partial charge in [0.25, 0.3) is 0 Å². The van der Waals surface area contributed by atoms with Crippen LogP contribution in [-0.4, -0.2) is 46.6 Å². The Kier molecular flexibility index (Phi) is 6.01. The Labute approximate surface area is 143 Å². The average Bonchev–Trinajstić information content (AvgIpc) is 3.40. The summed E-state index contributed by atoms with van der Waals surface area (Å²) in [6.07, 6.45) is 4.98. The van der Waals surface area contributed by atoms with E-state index in [1.54, 1.807) is 11.8 Å². The Morgan fingerprint density at radius 2 is 1.87 bits per heavy atom. The van der Waals surface area contributed by atoms with Crippen molar-refractivity contribution in [2.75, 3.05) is 24.6 Å². The van der Waals surface area contributed by atoms with E-state index in [1.165, 1.54) is 18.4 Å². The lowest BCUT2D eigenvalue weighted by Gasteiger charge is -2.34. The lowest BCUT2D eigenvalue weighted by molar-refractivity contribution is -0.130. The standard InChI is InChI=1S/C19H27NO2S/c21-18(12-15-4-2-1-3-5-15)17-8-10-20(11-9-17)19(22)14-23-13-16-6-7-16/h1-5,16-18,21H,6-14H2. The number of likely N-dealkylation sites (tertiary alicyclic amines) is 1. The fraction of sp³-hybridized carbons (Fsp3) is 0.632. The Morgan fingerprint density at radius 3 is 2.52 bits per heavy atom. The molecule has 126 valence electrons. The molecule has 1 saturated carbocycles. The molecule has 0 bridgehead atoms. The van der Waals surface area contributed by atoms with Crippen LogP contribution in [0.25, 0.3) is 0 Å². The zero-order valence-corrected chi connectivity index (χ0v) is 14.5. The van der Waals surface area contributed by atoms with Crippen LogP contribution >= 0.6 is 11.8 Å². The van der Waals surface area contributed by atoms with Crippen LogP contribution in [0.5, 0.6) is 0 Å². The third-order valence-electron chi connectivity index (χ3n) is 5.00. The molecule has 2 fully saturated rings. The number of benzene rings is 1. The van der Waals surface area contributed by atoms with Gasteiger partial charge in [-0.05, 0) is 55.3 Å². The van der Waals surface area contributed by atoms with Crippen molar-refractivity contribution in [1.82, 2.24) is 4.90 Å². The van der Waals surface area contributed by atoms with Crippen LogP contribution in [-0.2, 0) is 11.2 Å². The van der Waals surface area contributed by atoms with Gasteiger partial charge in [0.05, 0.1) is 11.9 Å². The van der Waals surface area contributed by atoms with Crippen LogP contribution < -0.4 is 0 Å². The summed E-state index contributed by atoms with van der Waals surface area (Å²) in [5.74, 6) is 3.27. The van der Waals surface area contributed by atoms with Gasteiger partial charge in [-0.25, -0.2) is 0 Å². The molecule has 1 amide bonds. The predicted molar refractivity (Wildman–Crippen MR) is 95.5 cm³/mol. The monoisotopic (exact) mass is 333 g/mol. The van der Waals surface area contributed by atoms with Gasteiger partial charge < -0.3 is 10.0 Å². The van der Waals surface area contributed by atoms with Crippen molar-refractivity contribution in [3.8, 4) is 0 Å². The molecule has 1 unspecified atom stereocenters. The zero-order chi connectivity index (χ0) is 16.1. The van der Waals surface area contributed by atoms with E-state index < -0.39 is 0 Å². The summed E-state index contributed by atoms with van der Waals surface area (Å²) >= 11 is 1.79. The zero-order valence-electron chi connectivity index (χ0n) is 13.7.